The fourth-order valence-electron chi connectivity index (χ4n) is 0. The molecule has 0 aliphatic carbocycles. The van der Waals surface area contributed by atoms with Gasteiger partial charge in [0.05, 0.1) is 0 Å². The predicted molar refractivity (Wildman–Crippen MR) is 39.6 cm³/mol. The van der Waals surface area contributed by atoms with Crippen molar-refractivity contribution in [1.82, 2.24) is 18.5 Å². The molecule has 0 saturated heterocycles. The average molecular weight is 230 g/mol. The van der Waals surface area contributed by atoms with Crippen molar-refractivity contribution in [2.45, 2.75) is 0 Å². The van der Waals surface area contributed by atoms with Gasteiger partial charge in [-0.15, -0.1) is 17.0 Å². The largest absolute Gasteiger partial charge is 0.394 e. The number of hydrogen-bond donors (Lipinski definition) is 5. The maximum atomic E-state index is 8.74. The van der Waals surface area contributed by atoms with Crippen molar-refractivity contribution in [2.75, 3.05) is 0 Å². The van der Waals surface area contributed by atoms with Crippen LogP contribution < -0.4 is 18.5 Å². The first-order valence-electron chi connectivity index (χ1n) is 0.698. The third kappa shape index (κ3) is 6040. The van der Waals surface area contributed by atoms with Crippen molar-refractivity contribution >= 4 is 27.4 Å². The molecule has 0 spiro atoms. The zero-order valence-corrected chi connectivity index (χ0v) is 7.18. The van der Waals surface area contributed by atoms with E-state index in [4.69, 9.17) is 17.5 Å². The summed E-state index contributed by atoms with van der Waals surface area (Å²) in [6.07, 6.45) is 0. The molecule has 0 aromatic rings. The van der Waals surface area contributed by atoms with Gasteiger partial charge in [0.2, 0.25) is 0 Å². The lowest BCUT2D eigenvalue weighted by atomic mass is 14.0. The van der Waals surface area contributed by atoms with E-state index in [-0.39, 0.29) is 35.4 Å². The summed E-state index contributed by atoms with van der Waals surface area (Å²) < 4.78 is 31.6. The van der Waals surface area contributed by atoms with Crippen LogP contribution in [0.1, 0.15) is 0 Å². The van der Waals surface area contributed by atoms with Gasteiger partial charge in [0, 0.05) is 0 Å². The average Bonchev–Trinajstić information content (AvgIpc) is 0.722. The number of halogens is 1. The van der Waals surface area contributed by atoms with Gasteiger partial charge in [-0.05, 0) is 0 Å². The summed E-state index contributed by atoms with van der Waals surface area (Å²) >= 11 is 0. The maximum Gasteiger partial charge on any atom is 0.394 e. The Labute approximate surface area is 63.9 Å². The van der Waals surface area contributed by atoms with Crippen LogP contribution in [0.5, 0.6) is 0 Å². The van der Waals surface area contributed by atoms with Crippen molar-refractivity contribution in [2.24, 2.45) is 0 Å². The summed E-state index contributed by atoms with van der Waals surface area (Å²) in [5.74, 6) is 0. The van der Waals surface area contributed by atoms with Gasteiger partial charge in [-0.3, -0.25) is 9.11 Å². The van der Waals surface area contributed by atoms with Gasteiger partial charge in [0.1, 0.15) is 0 Å². The zero-order valence-electron chi connectivity index (χ0n) is 4.65. The van der Waals surface area contributed by atoms with E-state index >= 15 is 0 Å². The van der Waals surface area contributed by atoms with Crippen LogP contribution in [-0.4, -0.2) is 17.5 Å². The Balaban J connectivity index is -0.0000000133. The molecule has 0 fully saturated rings. The Morgan fingerprint density at radius 1 is 0.889 bits per heavy atom. The monoisotopic (exact) mass is 229 g/mol. The molecule has 0 atom stereocenters. The normalized spacial score (nSPS) is 6.44. The molecule has 0 aliphatic heterocycles. The first-order chi connectivity index (χ1) is 2.00. The molecule has 0 aliphatic rings. The van der Waals surface area contributed by atoms with Crippen LogP contribution in [0.4, 0.5) is 0 Å². The number of hydrogen-bond acceptors (Lipinski definition) is 5. The van der Waals surface area contributed by atoms with Crippen molar-refractivity contribution in [3.8, 4) is 0 Å². The highest BCUT2D eigenvalue weighted by atomic mass is 79.9. The van der Waals surface area contributed by atoms with E-state index in [0.717, 1.165) is 0 Å². The van der Waals surface area contributed by atoms with Gasteiger partial charge in [0.15, 0.2) is 0 Å². The lowest BCUT2D eigenvalue weighted by Gasteiger charge is -1.68. The van der Waals surface area contributed by atoms with E-state index in [1.54, 1.807) is 0 Å². The lowest BCUT2D eigenvalue weighted by molar-refractivity contribution is 0.381. The van der Waals surface area contributed by atoms with E-state index < -0.39 is 10.4 Å². The minimum Gasteiger partial charge on any atom is -0.344 e. The molecule has 0 heterocycles. The smallest absolute Gasteiger partial charge is 0.344 e. The van der Waals surface area contributed by atoms with Crippen molar-refractivity contribution < 1.29 is 17.5 Å². The van der Waals surface area contributed by atoms with Crippen LogP contribution in [-0.2, 0) is 10.4 Å². The van der Waals surface area contributed by atoms with Gasteiger partial charge in [-0.25, -0.2) is 0 Å². The van der Waals surface area contributed by atoms with Crippen LogP contribution in [0.2, 0.25) is 0 Å². The summed E-state index contributed by atoms with van der Waals surface area (Å²) in [6, 6.07) is 0. The Kier molecular flexibility index (Phi) is 43.0. The highest BCUT2D eigenvalue weighted by Crippen LogP contribution is 1.59. The Morgan fingerprint density at radius 3 is 0.889 bits per heavy atom. The molecule has 0 radical (unpaired) electrons. The van der Waals surface area contributed by atoms with Crippen LogP contribution in [0.3, 0.4) is 0 Å². The third-order valence-electron chi connectivity index (χ3n) is 0. The van der Waals surface area contributed by atoms with Gasteiger partial charge in [-0.1, -0.05) is 0 Å². The van der Waals surface area contributed by atoms with Crippen molar-refractivity contribution in [3.05, 3.63) is 0 Å². The Morgan fingerprint density at radius 2 is 0.889 bits per heavy atom. The van der Waals surface area contributed by atoms with E-state index in [0.29, 0.717) is 0 Å². The zero-order chi connectivity index (χ0) is 4.50. The second kappa shape index (κ2) is 11.1. The van der Waals surface area contributed by atoms with Gasteiger partial charge in [-0.2, -0.15) is 8.42 Å². The molecule has 0 saturated carbocycles. The Bertz CT molecular complexity index is 99.0. The molecule has 0 aromatic heterocycles. The third-order valence-corrected chi connectivity index (χ3v) is 0. The summed E-state index contributed by atoms with van der Waals surface area (Å²) in [7, 11) is -4.67. The molecule has 0 rings (SSSR count). The van der Waals surface area contributed by atoms with E-state index in [2.05, 4.69) is 0 Å². The summed E-state index contributed by atoms with van der Waals surface area (Å²) in [5, 5.41) is 0. The number of rotatable bonds is 0. The topological polar surface area (TPSA) is 180 Å². The molecule has 64 valence electrons. The van der Waals surface area contributed by atoms with Crippen LogP contribution in [0.25, 0.3) is 0 Å². The molecular weight excluding hydrogens is 218 g/mol. The molecule has 9 heavy (non-hydrogen) atoms. The lowest BCUT2D eigenvalue weighted by Crippen LogP contribution is -1.89. The highest BCUT2D eigenvalue weighted by molar-refractivity contribution is 8.93. The predicted octanol–water partition coefficient (Wildman–Crippen LogP) is 0.411. The van der Waals surface area contributed by atoms with Crippen LogP contribution in [0, 0.1) is 0 Å². The molecule has 7 nitrogen and oxygen atoms in total. The van der Waals surface area contributed by atoms with Crippen LogP contribution >= 0.6 is 17.0 Å². The fourth-order valence-corrected chi connectivity index (χ4v) is 0. The molecular formula is H12BrN3O4S. The Hall–Kier alpha value is 0.230. The van der Waals surface area contributed by atoms with E-state index in [9.17, 15) is 0 Å². The first-order valence-corrected chi connectivity index (χ1v) is 2.10. The minimum atomic E-state index is -4.67. The van der Waals surface area contributed by atoms with Gasteiger partial charge < -0.3 is 18.5 Å². The van der Waals surface area contributed by atoms with Gasteiger partial charge in [0.25, 0.3) is 0 Å². The molecule has 0 aromatic carbocycles. The summed E-state index contributed by atoms with van der Waals surface area (Å²) in [5.41, 5.74) is 0. The fraction of sp³-hybridized carbons (Fsp3) is 0. The standard InChI is InChI=1S/BrH.3H3N.H2O4S/c;;;;1-5(2,3)4/h1H;3*1H3;(H2,1,2,3,4). The second-order valence-corrected chi connectivity index (χ2v) is 1.34. The molecule has 0 unspecified atom stereocenters. The maximum absolute atomic E-state index is 8.74. The van der Waals surface area contributed by atoms with Crippen molar-refractivity contribution in [1.29, 1.82) is 0 Å². The van der Waals surface area contributed by atoms with Gasteiger partial charge >= 0.3 is 10.4 Å². The van der Waals surface area contributed by atoms with E-state index in [1.807, 2.05) is 0 Å². The van der Waals surface area contributed by atoms with Crippen LogP contribution in [0.15, 0.2) is 0 Å². The quantitative estimate of drug-likeness (QED) is 0.373. The second-order valence-electron chi connectivity index (χ2n) is 0.448. The molecule has 9 heteroatoms. The molecule has 11 N–H and O–H groups in total. The first kappa shape index (κ1) is 34.9. The van der Waals surface area contributed by atoms with E-state index in [1.165, 1.54) is 0 Å². The minimum absolute atomic E-state index is 0. The molecule has 0 amide bonds. The van der Waals surface area contributed by atoms with Crippen molar-refractivity contribution in [3.63, 3.8) is 0 Å². The highest BCUT2D eigenvalue weighted by Gasteiger charge is 1.84. The molecule has 0 bridgehead atoms. The summed E-state index contributed by atoms with van der Waals surface area (Å²) in [6.45, 7) is 0. The summed E-state index contributed by atoms with van der Waals surface area (Å²) in [4.78, 5) is 0. The SMILES string of the molecule is Br.N.N.N.O=S(=O)(O)O.